The molecule has 0 radical (unpaired) electrons. The van der Waals surface area contributed by atoms with E-state index in [1.54, 1.807) is 13.9 Å². The number of halogens is 2. The van der Waals surface area contributed by atoms with Crippen molar-refractivity contribution in [2.45, 2.75) is 25.7 Å². The van der Waals surface area contributed by atoms with Crippen LogP contribution in [-0.4, -0.2) is 33.8 Å². The summed E-state index contributed by atoms with van der Waals surface area (Å²) in [4.78, 5) is 0. The fourth-order valence-electron chi connectivity index (χ4n) is 1.80. The number of rotatable bonds is 6. The van der Waals surface area contributed by atoms with E-state index in [1.165, 1.54) is 6.07 Å². The minimum absolute atomic E-state index is 0.171. The van der Waals surface area contributed by atoms with Crippen LogP contribution in [0.3, 0.4) is 0 Å². The molecule has 2 atom stereocenters. The Kier molecular flexibility index (Phi) is 4.19. The summed E-state index contributed by atoms with van der Waals surface area (Å²) in [6, 6.07) is 5.07. The summed E-state index contributed by atoms with van der Waals surface area (Å²) >= 11 is 0. The second kappa shape index (κ2) is 5.67. The first-order valence-electron chi connectivity index (χ1n) is 5.85. The zero-order valence-corrected chi connectivity index (χ0v) is 10.4. The molecule has 0 spiro atoms. The Hall–Kier alpha value is -1.14. The van der Waals surface area contributed by atoms with Crippen LogP contribution in [0.4, 0.5) is 8.78 Å². The molecule has 6 heteroatoms. The molecular formula is C12H15BF2O3. The van der Waals surface area contributed by atoms with Crippen molar-refractivity contribution in [3.05, 3.63) is 23.8 Å². The Morgan fingerprint density at radius 3 is 2.83 bits per heavy atom. The summed E-state index contributed by atoms with van der Waals surface area (Å²) in [5, 5.41) is 0. The standard InChI is InChI=1S/C12H15BF2O3/c1-7(16-5-8-6-17-8)9-3-2-4-10(11(9)13)18-12(14)15/h2-4,7-8,12H,5-6,13H2,1H3. The third-order valence-corrected chi connectivity index (χ3v) is 2.91. The predicted octanol–water partition coefficient (Wildman–Crippen LogP) is 1.02. The summed E-state index contributed by atoms with van der Waals surface area (Å²) in [5.41, 5.74) is 1.54. The molecule has 2 rings (SSSR count). The number of epoxide rings is 1. The second-order valence-electron chi connectivity index (χ2n) is 4.28. The van der Waals surface area contributed by atoms with Crippen LogP contribution in [0.1, 0.15) is 18.6 Å². The minimum Gasteiger partial charge on any atom is -0.435 e. The van der Waals surface area contributed by atoms with Crippen LogP contribution in [0.5, 0.6) is 5.75 Å². The van der Waals surface area contributed by atoms with E-state index < -0.39 is 6.61 Å². The molecule has 1 aliphatic rings. The maximum Gasteiger partial charge on any atom is 0.387 e. The van der Waals surface area contributed by atoms with Crippen LogP contribution in [0.2, 0.25) is 0 Å². The van der Waals surface area contributed by atoms with E-state index >= 15 is 0 Å². The second-order valence-corrected chi connectivity index (χ2v) is 4.28. The molecule has 1 aromatic carbocycles. The van der Waals surface area contributed by atoms with Gasteiger partial charge in [-0.05, 0) is 24.0 Å². The lowest BCUT2D eigenvalue weighted by atomic mass is 9.87. The summed E-state index contributed by atoms with van der Waals surface area (Å²) in [6.45, 7) is 0.340. The molecule has 3 nitrogen and oxygen atoms in total. The first-order valence-corrected chi connectivity index (χ1v) is 5.85. The van der Waals surface area contributed by atoms with Crippen molar-refractivity contribution in [2.24, 2.45) is 0 Å². The molecule has 2 unspecified atom stereocenters. The van der Waals surface area contributed by atoms with Crippen molar-refractivity contribution in [1.82, 2.24) is 0 Å². The van der Waals surface area contributed by atoms with Gasteiger partial charge in [0.15, 0.2) is 0 Å². The topological polar surface area (TPSA) is 31.0 Å². The van der Waals surface area contributed by atoms with Crippen LogP contribution in [0.25, 0.3) is 0 Å². The average molecular weight is 256 g/mol. The molecule has 1 heterocycles. The van der Waals surface area contributed by atoms with Gasteiger partial charge < -0.3 is 14.2 Å². The zero-order valence-electron chi connectivity index (χ0n) is 10.4. The first-order chi connectivity index (χ1) is 8.58. The highest BCUT2D eigenvalue weighted by molar-refractivity contribution is 6.35. The number of alkyl halides is 2. The Morgan fingerprint density at radius 1 is 1.50 bits per heavy atom. The van der Waals surface area contributed by atoms with Gasteiger partial charge in [-0.1, -0.05) is 12.1 Å². The normalized spacial score (nSPS) is 19.9. The van der Waals surface area contributed by atoms with Gasteiger partial charge in [0.2, 0.25) is 0 Å². The van der Waals surface area contributed by atoms with E-state index in [4.69, 9.17) is 9.47 Å². The van der Waals surface area contributed by atoms with Crippen molar-refractivity contribution in [1.29, 1.82) is 0 Å². The molecule has 0 bridgehead atoms. The molecule has 1 aliphatic heterocycles. The molecule has 1 aromatic rings. The van der Waals surface area contributed by atoms with Crippen molar-refractivity contribution in [3.63, 3.8) is 0 Å². The highest BCUT2D eigenvalue weighted by atomic mass is 19.3. The van der Waals surface area contributed by atoms with E-state index in [9.17, 15) is 8.78 Å². The van der Waals surface area contributed by atoms with Crippen molar-refractivity contribution in [3.8, 4) is 5.75 Å². The molecule has 0 N–H and O–H groups in total. The Balaban J connectivity index is 2.05. The maximum atomic E-state index is 12.2. The van der Waals surface area contributed by atoms with Crippen LogP contribution >= 0.6 is 0 Å². The van der Waals surface area contributed by atoms with Gasteiger partial charge in [-0.2, -0.15) is 8.78 Å². The third kappa shape index (κ3) is 3.43. The molecule has 98 valence electrons. The van der Waals surface area contributed by atoms with Crippen molar-refractivity contribution in [2.75, 3.05) is 13.2 Å². The molecule has 1 saturated heterocycles. The molecule has 18 heavy (non-hydrogen) atoms. The van der Waals surface area contributed by atoms with Gasteiger partial charge in [-0.3, -0.25) is 0 Å². The fraction of sp³-hybridized carbons (Fsp3) is 0.500. The van der Waals surface area contributed by atoms with Gasteiger partial charge in [0.05, 0.1) is 19.3 Å². The number of hydrogen-bond acceptors (Lipinski definition) is 3. The van der Waals surface area contributed by atoms with Crippen LogP contribution in [-0.2, 0) is 9.47 Å². The summed E-state index contributed by atoms with van der Waals surface area (Å²) in [6.07, 6.45) is 0.0173. The summed E-state index contributed by atoms with van der Waals surface area (Å²) in [7, 11) is 1.75. The van der Waals surface area contributed by atoms with Gasteiger partial charge >= 0.3 is 6.61 Å². The van der Waals surface area contributed by atoms with E-state index in [0.29, 0.717) is 12.1 Å². The smallest absolute Gasteiger partial charge is 0.387 e. The summed E-state index contributed by atoms with van der Waals surface area (Å²) in [5.74, 6) is 0.195. The van der Waals surface area contributed by atoms with E-state index in [-0.39, 0.29) is 18.0 Å². The van der Waals surface area contributed by atoms with Crippen LogP contribution in [0, 0.1) is 0 Å². The molecule has 1 fully saturated rings. The zero-order chi connectivity index (χ0) is 13.1. The number of ether oxygens (including phenoxy) is 3. The third-order valence-electron chi connectivity index (χ3n) is 2.91. The van der Waals surface area contributed by atoms with Crippen molar-refractivity contribution < 1.29 is 23.0 Å². The molecule has 0 saturated carbocycles. The van der Waals surface area contributed by atoms with Gasteiger partial charge in [0.1, 0.15) is 19.7 Å². The summed E-state index contributed by atoms with van der Waals surface area (Å²) < 4.78 is 39.6. The quantitative estimate of drug-likeness (QED) is 0.562. The van der Waals surface area contributed by atoms with Gasteiger partial charge in [0, 0.05) is 0 Å². The Labute approximate surface area is 105 Å². The van der Waals surface area contributed by atoms with E-state index in [1.807, 2.05) is 13.0 Å². The van der Waals surface area contributed by atoms with E-state index in [0.717, 1.165) is 12.2 Å². The number of hydrogen-bond donors (Lipinski definition) is 0. The van der Waals surface area contributed by atoms with Gasteiger partial charge in [0.25, 0.3) is 0 Å². The molecular weight excluding hydrogens is 241 g/mol. The van der Waals surface area contributed by atoms with Gasteiger partial charge in [-0.25, -0.2) is 0 Å². The molecule has 0 amide bonds. The maximum absolute atomic E-state index is 12.2. The highest BCUT2D eigenvalue weighted by Gasteiger charge is 2.24. The van der Waals surface area contributed by atoms with Crippen LogP contribution < -0.4 is 10.2 Å². The lowest BCUT2D eigenvalue weighted by Crippen LogP contribution is -2.20. The first kappa shape index (κ1) is 13.3. The lowest BCUT2D eigenvalue weighted by Gasteiger charge is -2.18. The lowest BCUT2D eigenvalue weighted by molar-refractivity contribution is -0.0493. The Morgan fingerprint density at radius 2 is 2.22 bits per heavy atom. The van der Waals surface area contributed by atoms with E-state index in [2.05, 4.69) is 4.74 Å². The predicted molar refractivity (Wildman–Crippen MR) is 65.4 cm³/mol. The molecule has 0 aromatic heterocycles. The largest absolute Gasteiger partial charge is 0.435 e. The number of benzene rings is 1. The highest BCUT2D eigenvalue weighted by Crippen LogP contribution is 2.21. The van der Waals surface area contributed by atoms with Gasteiger partial charge in [-0.15, -0.1) is 0 Å². The monoisotopic (exact) mass is 256 g/mol. The SMILES string of the molecule is Bc1c(OC(F)F)cccc1C(C)OCC1CO1. The van der Waals surface area contributed by atoms with Crippen molar-refractivity contribution >= 4 is 13.3 Å². The van der Waals surface area contributed by atoms with Crippen LogP contribution in [0.15, 0.2) is 18.2 Å². The fourth-order valence-corrected chi connectivity index (χ4v) is 1.80. The Bertz CT molecular complexity index is 410. The molecule has 0 aliphatic carbocycles. The minimum atomic E-state index is -2.81. The average Bonchev–Trinajstić information content (AvgIpc) is 3.12.